The lowest BCUT2D eigenvalue weighted by Gasteiger charge is -2.47. The van der Waals surface area contributed by atoms with Crippen molar-refractivity contribution in [2.45, 2.75) is 71.8 Å². The predicted molar refractivity (Wildman–Crippen MR) is 199 cm³/mol. The van der Waals surface area contributed by atoms with Crippen molar-refractivity contribution in [3.8, 4) is 17.0 Å². The first-order valence-electron chi connectivity index (χ1n) is 19.1. The molecule has 0 aliphatic carbocycles. The van der Waals surface area contributed by atoms with Crippen molar-refractivity contribution in [3.63, 3.8) is 0 Å². The van der Waals surface area contributed by atoms with E-state index < -0.39 is 5.95 Å². The molecular weight excluding hydrogens is 659 g/mol. The highest BCUT2D eigenvalue weighted by molar-refractivity contribution is 6.05. The van der Waals surface area contributed by atoms with Crippen LogP contribution in [0.5, 0.6) is 5.75 Å². The van der Waals surface area contributed by atoms with Gasteiger partial charge in [0, 0.05) is 74.9 Å². The third-order valence-corrected chi connectivity index (χ3v) is 11.8. The van der Waals surface area contributed by atoms with Gasteiger partial charge in [0.25, 0.3) is 5.91 Å². The maximum atomic E-state index is 14.2. The zero-order valence-corrected chi connectivity index (χ0v) is 30.4. The molecule has 7 heterocycles. The number of benzene rings is 1. The Kier molecular flexibility index (Phi) is 9.58. The van der Waals surface area contributed by atoms with Crippen molar-refractivity contribution in [2.24, 2.45) is 11.3 Å². The van der Waals surface area contributed by atoms with Crippen molar-refractivity contribution in [2.75, 3.05) is 62.6 Å². The fourth-order valence-corrected chi connectivity index (χ4v) is 8.41. The molecule has 0 saturated carbocycles. The van der Waals surface area contributed by atoms with E-state index in [4.69, 9.17) is 9.72 Å². The van der Waals surface area contributed by atoms with Gasteiger partial charge in [-0.3, -0.25) is 19.9 Å². The van der Waals surface area contributed by atoms with Gasteiger partial charge in [0.2, 0.25) is 17.8 Å². The number of aryl methyl sites for hydroxylation is 1. The zero-order chi connectivity index (χ0) is 35.8. The first-order chi connectivity index (χ1) is 25.2. The Labute approximate surface area is 304 Å². The van der Waals surface area contributed by atoms with E-state index in [1.807, 2.05) is 11.8 Å². The number of imidazole rings is 1. The number of fused-ring (bicyclic) bond motifs is 7. The number of rotatable bonds is 4. The van der Waals surface area contributed by atoms with E-state index in [-0.39, 0.29) is 11.8 Å². The summed E-state index contributed by atoms with van der Waals surface area (Å²) in [7, 11) is 0. The summed E-state index contributed by atoms with van der Waals surface area (Å²) in [6, 6.07) is 11.2. The highest BCUT2D eigenvalue weighted by atomic mass is 19.1. The molecule has 3 saturated heterocycles. The van der Waals surface area contributed by atoms with Gasteiger partial charge >= 0.3 is 0 Å². The molecular formula is C40H49FN8O3. The topological polar surface area (TPSA) is 109 Å². The van der Waals surface area contributed by atoms with E-state index in [0.29, 0.717) is 65.1 Å². The minimum atomic E-state index is -0.625. The second kappa shape index (κ2) is 14.4. The standard InChI is InChI=1S/C40H49FN8O3/c1-27-5-3-20-52-35-24-36(41)42-25-31(35)33-22-29(21-28(2)43-33)38(51)45-39-44-32-7-6-30(23-34(32)49(39)26-27)47-18-11-40(12-19-47)9-16-46(17-10-40)15-8-37(50)48-13-4-14-48/h6-7,21-25,27H,3-5,8-20,26H2,1-2H3,(H,44,45,51)/t27-/m1/s1. The summed E-state index contributed by atoms with van der Waals surface area (Å²) in [4.78, 5) is 46.6. The first-order valence-corrected chi connectivity index (χ1v) is 19.1. The number of carbonyl (C=O) groups is 2. The average Bonchev–Trinajstić information content (AvgIpc) is 3.44. The molecule has 4 aliphatic rings. The van der Waals surface area contributed by atoms with Crippen LogP contribution >= 0.6 is 0 Å². The molecule has 8 rings (SSSR count). The first kappa shape index (κ1) is 34.5. The van der Waals surface area contributed by atoms with Gasteiger partial charge in [-0.15, -0.1) is 0 Å². The summed E-state index contributed by atoms with van der Waals surface area (Å²) in [6.07, 6.45) is 9.62. The van der Waals surface area contributed by atoms with Crippen molar-refractivity contribution in [3.05, 3.63) is 59.8 Å². The SMILES string of the molecule is Cc1cc2cc(n1)-c1cnc(F)cc1OCCC[C@@H](C)Cn1c(nc3ccc(N4CCC5(CCN(CCC(=O)N6CCC6)CC5)CC4)cc31)NC2=O. The second-order valence-corrected chi connectivity index (χ2v) is 15.5. The minimum Gasteiger partial charge on any atom is -0.493 e. The number of nitrogens with zero attached hydrogens (tertiary/aromatic N) is 7. The Bertz CT molecular complexity index is 1960. The molecule has 3 fully saturated rings. The molecule has 2 amide bonds. The van der Waals surface area contributed by atoms with Crippen LogP contribution in [0.1, 0.15) is 74.3 Å². The lowest BCUT2D eigenvalue weighted by atomic mass is 9.71. The molecule has 2 bridgehead atoms. The Morgan fingerprint density at radius 1 is 1.00 bits per heavy atom. The molecule has 4 aliphatic heterocycles. The normalized spacial score (nSPS) is 21.0. The van der Waals surface area contributed by atoms with E-state index in [1.165, 1.54) is 43.6 Å². The summed E-state index contributed by atoms with van der Waals surface area (Å²) in [5.74, 6) is 0.548. The smallest absolute Gasteiger partial charge is 0.258 e. The van der Waals surface area contributed by atoms with Crippen molar-refractivity contribution in [1.82, 2.24) is 29.3 Å². The van der Waals surface area contributed by atoms with Crippen molar-refractivity contribution >= 4 is 34.5 Å². The Balaban J connectivity index is 0.991. The Morgan fingerprint density at radius 2 is 1.79 bits per heavy atom. The van der Waals surface area contributed by atoms with Crippen molar-refractivity contribution < 1.29 is 18.7 Å². The van der Waals surface area contributed by atoms with E-state index in [2.05, 4.69) is 54.8 Å². The maximum absolute atomic E-state index is 14.2. The number of amides is 2. The number of piperidine rings is 2. The number of halogens is 1. The number of anilines is 2. The number of carbonyl (C=O) groups excluding carboxylic acids is 2. The highest BCUT2D eigenvalue weighted by Crippen LogP contribution is 2.42. The molecule has 0 unspecified atom stereocenters. The van der Waals surface area contributed by atoms with Crippen LogP contribution in [0.3, 0.4) is 0 Å². The van der Waals surface area contributed by atoms with Crippen LogP contribution in [0.15, 0.2) is 42.6 Å². The van der Waals surface area contributed by atoms with Gasteiger partial charge in [-0.1, -0.05) is 6.92 Å². The van der Waals surface area contributed by atoms with Crippen LogP contribution in [-0.2, 0) is 11.3 Å². The van der Waals surface area contributed by atoms with Gasteiger partial charge in [-0.25, -0.2) is 9.97 Å². The summed E-state index contributed by atoms with van der Waals surface area (Å²) in [5, 5.41) is 3.12. The van der Waals surface area contributed by atoms with Crippen LogP contribution in [0, 0.1) is 24.2 Å². The van der Waals surface area contributed by atoms with Crippen LogP contribution in [0.25, 0.3) is 22.3 Å². The highest BCUT2D eigenvalue weighted by Gasteiger charge is 2.38. The predicted octanol–water partition coefficient (Wildman–Crippen LogP) is 6.31. The molecule has 1 atom stereocenters. The van der Waals surface area contributed by atoms with Crippen LogP contribution < -0.4 is 15.0 Å². The van der Waals surface area contributed by atoms with Crippen molar-refractivity contribution in [1.29, 1.82) is 0 Å². The quantitative estimate of drug-likeness (QED) is 0.246. The summed E-state index contributed by atoms with van der Waals surface area (Å²) >= 11 is 0. The largest absolute Gasteiger partial charge is 0.493 e. The molecule has 1 N–H and O–H groups in total. The molecule has 274 valence electrons. The van der Waals surface area contributed by atoms with Crippen LogP contribution in [0.2, 0.25) is 0 Å². The molecule has 1 aromatic carbocycles. The maximum Gasteiger partial charge on any atom is 0.258 e. The number of aromatic nitrogens is 4. The van der Waals surface area contributed by atoms with E-state index in [1.54, 1.807) is 12.1 Å². The number of nitrogens with one attached hydrogen (secondary N) is 1. The van der Waals surface area contributed by atoms with E-state index >= 15 is 0 Å². The third-order valence-electron chi connectivity index (χ3n) is 11.8. The van der Waals surface area contributed by atoms with E-state index in [0.717, 1.165) is 76.1 Å². The van der Waals surface area contributed by atoms with Gasteiger partial charge in [0.05, 0.1) is 28.9 Å². The number of pyridine rings is 2. The lowest BCUT2D eigenvalue weighted by molar-refractivity contribution is -0.135. The number of likely N-dealkylation sites (tertiary alicyclic amines) is 2. The minimum absolute atomic E-state index is 0.263. The fourth-order valence-electron chi connectivity index (χ4n) is 8.41. The molecule has 3 aromatic heterocycles. The summed E-state index contributed by atoms with van der Waals surface area (Å²) < 4.78 is 22.4. The lowest BCUT2D eigenvalue weighted by Crippen LogP contribution is -2.48. The number of hydrogen-bond donors (Lipinski definition) is 1. The van der Waals surface area contributed by atoms with Gasteiger partial charge in [-0.05, 0) is 107 Å². The molecule has 1 spiro atoms. The van der Waals surface area contributed by atoms with Crippen LogP contribution in [-0.4, -0.2) is 93.6 Å². The fraction of sp³-hybridized carbons (Fsp3) is 0.525. The van der Waals surface area contributed by atoms with Gasteiger partial charge in [0.1, 0.15) is 5.75 Å². The average molecular weight is 709 g/mol. The number of ether oxygens (including phenoxy) is 1. The Morgan fingerprint density at radius 3 is 2.56 bits per heavy atom. The van der Waals surface area contributed by atoms with E-state index in [9.17, 15) is 14.0 Å². The monoisotopic (exact) mass is 708 g/mol. The Hall–Kier alpha value is -4.58. The zero-order valence-electron chi connectivity index (χ0n) is 30.4. The van der Waals surface area contributed by atoms with Crippen LogP contribution in [0.4, 0.5) is 16.0 Å². The molecule has 0 radical (unpaired) electrons. The second-order valence-electron chi connectivity index (χ2n) is 15.5. The van der Waals surface area contributed by atoms with Gasteiger partial charge < -0.3 is 24.0 Å². The summed E-state index contributed by atoms with van der Waals surface area (Å²) in [5.41, 5.74) is 5.53. The molecule has 52 heavy (non-hydrogen) atoms. The van der Waals surface area contributed by atoms with Gasteiger partial charge in [0.15, 0.2) is 0 Å². The molecule has 4 aromatic rings. The number of hydrogen-bond acceptors (Lipinski definition) is 8. The molecule has 11 nitrogen and oxygen atoms in total. The molecule has 12 heteroatoms. The third kappa shape index (κ3) is 7.22. The summed E-state index contributed by atoms with van der Waals surface area (Å²) in [6.45, 7) is 12.1. The van der Waals surface area contributed by atoms with Gasteiger partial charge in [-0.2, -0.15) is 4.39 Å².